The Kier molecular flexibility index (Phi) is 7.71. The van der Waals surface area contributed by atoms with E-state index in [0.717, 1.165) is 47.9 Å². The highest BCUT2D eigenvalue weighted by atomic mass is 32.2. The van der Waals surface area contributed by atoms with Crippen LogP contribution in [0.2, 0.25) is 0 Å². The molecule has 1 amide bonds. The van der Waals surface area contributed by atoms with Crippen LogP contribution < -0.4 is 5.32 Å². The number of benzene rings is 1. The monoisotopic (exact) mass is 460 g/mol. The van der Waals surface area contributed by atoms with Gasteiger partial charge in [-0.1, -0.05) is 23.4 Å². The van der Waals surface area contributed by atoms with Gasteiger partial charge in [0.2, 0.25) is 17.6 Å². The van der Waals surface area contributed by atoms with Crippen molar-refractivity contribution in [2.75, 3.05) is 25.4 Å². The summed E-state index contributed by atoms with van der Waals surface area (Å²) in [7, 11) is 0. The van der Waals surface area contributed by atoms with Gasteiger partial charge in [-0.2, -0.15) is 16.7 Å². The highest BCUT2D eigenvalue weighted by molar-refractivity contribution is 7.98. The Morgan fingerprint density at radius 2 is 2.06 bits per heavy atom. The molecule has 0 spiro atoms. The maximum atomic E-state index is 12.9. The lowest BCUT2D eigenvalue weighted by Gasteiger charge is -2.30. The number of halogens is 1. The Bertz CT molecular complexity index is 954. The summed E-state index contributed by atoms with van der Waals surface area (Å²) in [6.07, 6.45) is 1.67. The van der Waals surface area contributed by atoms with E-state index in [2.05, 4.69) is 20.4 Å². The van der Waals surface area contributed by atoms with Gasteiger partial charge >= 0.3 is 0 Å². The molecular formula is C22H25FN4O2S2. The Labute approximate surface area is 189 Å². The Morgan fingerprint density at radius 1 is 1.26 bits per heavy atom. The van der Waals surface area contributed by atoms with Crippen molar-refractivity contribution in [2.24, 2.45) is 5.92 Å². The number of piperidine rings is 1. The van der Waals surface area contributed by atoms with Crippen LogP contribution in [0.3, 0.4) is 0 Å². The molecule has 1 aliphatic heterocycles. The first-order valence-corrected chi connectivity index (χ1v) is 12.4. The molecule has 1 aromatic carbocycles. The number of thioether (sulfide) groups is 1. The van der Waals surface area contributed by atoms with Crippen molar-refractivity contribution in [2.45, 2.75) is 25.1 Å². The van der Waals surface area contributed by atoms with E-state index in [1.807, 2.05) is 17.5 Å². The summed E-state index contributed by atoms with van der Waals surface area (Å²) < 4.78 is 18.3. The Hall–Kier alpha value is -2.23. The first kappa shape index (κ1) is 22.0. The third-order valence-electron chi connectivity index (χ3n) is 5.25. The number of likely N-dealkylation sites (tertiary alicyclic amines) is 1. The van der Waals surface area contributed by atoms with Crippen molar-refractivity contribution >= 4 is 29.0 Å². The minimum Gasteiger partial charge on any atom is -0.355 e. The van der Waals surface area contributed by atoms with Gasteiger partial charge in [0.1, 0.15) is 5.82 Å². The van der Waals surface area contributed by atoms with Crippen LogP contribution in [0.15, 0.2) is 46.3 Å². The molecule has 0 saturated carbocycles. The zero-order chi connectivity index (χ0) is 21.5. The van der Waals surface area contributed by atoms with Gasteiger partial charge < -0.3 is 9.84 Å². The van der Waals surface area contributed by atoms with E-state index in [4.69, 9.17) is 4.52 Å². The predicted molar refractivity (Wildman–Crippen MR) is 121 cm³/mol. The minimum absolute atomic E-state index is 0.0581. The van der Waals surface area contributed by atoms with Crippen molar-refractivity contribution in [1.29, 1.82) is 0 Å². The van der Waals surface area contributed by atoms with Crippen LogP contribution in [-0.2, 0) is 17.1 Å². The fraction of sp³-hybridized carbons (Fsp3) is 0.409. The second kappa shape index (κ2) is 10.9. The molecule has 0 aliphatic carbocycles. The molecule has 2 aromatic heterocycles. The SMILES string of the molecule is O=C(NCCSCc1ccc(F)cc1)C1CCN(Cc2nc(-c3cccs3)no2)CC1. The van der Waals surface area contributed by atoms with Crippen molar-refractivity contribution in [3.05, 3.63) is 59.0 Å². The van der Waals surface area contributed by atoms with Crippen molar-refractivity contribution < 1.29 is 13.7 Å². The molecule has 4 rings (SSSR count). The van der Waals surface area contributed by atoms with Gasteiger partial charge in [0.15, 0.2) is 0 Å². The summed E-state index contributed by atoms with van der Waals surface area (Å²) in [4.78, 5) is 20.2. The smallest absolute Gasteiger partial charge is 0.241 e. The number of hydrogen-bond donors (Lipinski definition) is 1. The molecule has 164 valence electrons. The zero-order valence-corrected chi connectivity index (χ0v) is 18.8. The van der Waals surface area contributed by atoms with E-state index in [1.54, 1.807) is 35.2 Å². The average molecular weight is 461 g/mol. The number of rotatable bonds is 9. The predicted octanol–water partition coefficient (Wildman–Crippen LogP) is 4.20. The van der Waals surface area contributed by atoms with Gasteiger partial charge in [-0.25, -0.2) is 4.39 Å². The number of nitrogens with zero attached hydrogens (tertiary/aromatic N) is 3. The van der Waals surface area contributed by atoms with E-state index in [1.165, 1.54) is 12.1 Å². The third kappa shape index (κ3) is 6.38. The Balaban J connectivity index is 1.12. The number of carbonyl (C=O) groups is 1. The molecule has 1 aliphatic rings. The summed E-state index contributed by atoms with van der Waals surface area (Å²) in [6.45, 7) is 2.95. The summed E-state index contributed by atoms with van der Waals surface area (Å²) >= 11 is 3.32. The first-order chi connectivity index (χ1) is 15.2. The number of amides is 1. The lowest BCUT2D eigenvalue weighted by molar-refractivity contribution is -0.126. The van der Waals surface area contributed by atoms with Crippen molar-refractivity contribution in [1.82, 2.24) is 20.4 Å². The fourth-order valence-electron chi connectivity index (χ4n) is 3.53. The highest BCUT2D eigenvalue weighted by Crippen LogP contribution is 2.23. The van der Waals surface area contributed by atoms with Gasteiger partial charge in [-0.05, 0) is 55.1 Å². The van der Waals surface area contributed by atoms with E-state index in [-0.39, 0.29) is 17.6 Å². The van der Waals surface area contributed by atoms with Gasteiger partial charge in [0, 0.05) is 24.0 Å². The van der Waals surface area contributed by atoms with Gasteiger partial charge in [-0.15, -0.1) is 11.3 Å². The second-order valence-corrected chi connectivity index (χ2v) is 9.56. The number of aromatic nitrogens is 2. The molecule has 6 nitrogen and oxygen atoms in total. The van der Waals surface area contributed by atoms with Crippen LogP contribution in [0.4, 0.5) is 4.39 Å². The second-order valence-electron chi connectivity index (χ2n) is 7.51. The van der Waals surface area contributed by atoms with E-state index >= 15 is 0 Å². The molecule has 1 saturated heterocycles. The number of carbonyl (C=O) groups excluding carboxylic acids is 1. The lowest BCUT2D eigenvalue weighted by Crippen LogP contribution is -2.40. The van der Waals surface area contributed by atoms with Crippen LogP contribution >= 0.6 is 23.1 Å². The average Bonchev–Trinajstić information content (AvgIpc) is 3.47. The molecule has 1 N–H and O–H groups in total. The van der Waals surface area contributed by atoms with Crippen LogP contribution in [-0.4, -0.2) is 46.3 Å². The molecular weight excluding hydrogens is 435 g/mol. The fourth-order valence-corrected chi connectivity index (χ4v) is 5.00. The van der Waals surface area contributed by atoms with E-state index in [0.29, 0.717) is 24.8 Å². The maximum absolute atomic E-state index is 12.9. The molecule has 31 heavy (non-hydrogen) atoms. The first-order valence-electron chi connectivity index (χ1n) is 10.4. The number of hydrogen-bond acceptors (Lipinski definition) is 7. The normalized spacial score (nSPS) is 15.3. The third-order valence-corrected chi connectivity index (χ3v) is 7.15. The van der Waals surface area contributed by atoms with E-state index in [9.17, 15) is 9.18 Å². The van der Waals surface area contributed by atoms with Crippen molar-refractivity contribution in [3.63, 3.8) is 0 Å². The largest absolute Gasteiger partial charge is 0.355 e. The van der Waals surface area contributed by atoms with Gasteiger partial charge in [0.25, 0.3) is 0 Å². The summed E-state index contributed by atoms with van der Waals surface area (Å²) in [6, 6.07) is 10.5. The number of thiophene rings is 1. The molecule has 3 heterocycles. The molecule has 0 bridgehead atoms. The quantitative estimate of drug-likeness (QED) is 0.483. The summed E-state index contributed by atoms with van der Waals surface area (Å²) in [5.41, 5.74) is 1.09. The van der Waals surface area contributed by atoms with Gasteiger partial charge in [0.05, 0.1) is 11.4 Å². The summed E-state index contributed by atoms with van der Waals surface area (Å²) in [5, 5.41) is 9.10. The summed E-state index contributed by atoms with van der Waals surface area (Å²) in [5.74, 6) is 2.89. The lowest BCUT2D eigenvalue weighted by atomic mass is 9.96. The van der Waals surface area contributed by atoms with Crippen LogP contribution in [0.25, 0.3) is 10.7 Å². The standard InChI is InChI=1S/C22H25FN4O2S2/c23-18-5-3-16(4-6-18)15-30-13-9-24-22(28)17-7-10-27(11-8-17)14-20-25-21(26-29-20)19-2-1-12-31-19/h1-6,12,17H,7-11,13-15H2,(H,24,28). The topological polar surface area (TPSA) is 71.3 Å². The van der Waals surface area contributed by atoms with Crippen LogP contribution in [0.5, 0.6) is 0 Å². The molecule has 3 aromatic rings. The number of nitrogens with one attached hydrogen (secondary N) is 1. The minimum atomic E-state index is -0.215. The van der Waals surface area contributed by atoms with E-state index < -0.39 is 0 Å². The molecule has 9 heteroatoms. The molecule has 0 atom stereocenters. The molecule has 0 unspecified atom stereocenters. The zero-order valence-electron chi connectivity index (χ0n) is 17.1. The maximum Gasteiger partial charge on any atom is 0.241 e. The molecule has 0 radical (unpaired) electrons. The Morgan fingerprint density at radius 3 is 2.81 bits per heavy atom. The van der Waals surface area contributed by atoms with Crippen LogP contribution in [0.1, 0.15) is 24.3 Å². The van der Waals surface area contributed by atoms with Crippen molar-refractivity contribution in [3.8, 4) is 10.7 Å². The van der Waals surface area contributed by atoms with Crippen LogP contribution in [0, 0.1) is 11.7 Å². The molecule has 1 fully saturated rings. The highest BCUT2D eigenvalue weighted by Gasteiger charge is 2.25. The van der Waals surface area contributed by atoms with Gasteiger partial charge in [-0.3, -0.25) is 9.69 Å².